The van der Waals surface area contributed by atoms with Gasteiger partial charge in [-0.25, -0.2) is 4.98 Å². The lowest BCUT2D eigenvalue weighted by molar-refractivity contribution is 0.385. The number of hydrogen-bond donors (Lipinski definition) is 2. The Kier molecular flexibility index (Phi) is 3.85. The SMILES string of the molecule is Cc1nc(C)c(C(C)NCC2(N)CCCC2)s1. The molecule has 1 aliphatic rings. The molecule has 96 valence electrons. The van der Waals surface area contributed by atoms with Crippen LogP contribution in [0.3, 0.4) is 0 Å². The molecule has 0 radical (unpaired) electrons. The lowest BCUT2D eigenvalue weighted by Gasteiger charge is -2.26. The molecule has 0 spiro atoms. The fourth-order valence-electron chi connectivity index (χ4n) is 2.65. The Hall–Kier alpha value is -0.450. The minimum Gasteiger partial charge on any atom is -0.324 e. The second-order valence-electron chi connectivity index (χ2n) is 5.35. The average Bonchev–Trinajstić information content (AvgIpc) is 2.83. The fraction of sp³-hybridized carbons (Fsp3) is 0.769. The van der Waals surface area contributed by atoms with Crippen LogP contribution >= 0.6 is 11.3 Å². The predicted molar refractivity (Wildman–Crippen MR) is 73.4 cm³/mol. The molecule has 0 bridgehead atoms. The van der Waals surface area contributed by atoms with Crippen molar-refractivity contribution in [3.05, 3.63) is 15.6 Å². The quantitative estimate of drug-likeness (QED) is 0.867. The average molecular weight is 253 g/mol. The summed E-state index contributed by atoms with van der Waals surface area (Å²) in [6, 6.07) is 0.363. The molecule has 1 unspecified atom stereocenters. The summed E-state index contributed by atoms with van der Waals surface area (Å²) in [6.07, 6.45) is 4.89. The van der Waals surface area contributed by atoms with Crippen LogP contribution in [0.1, 0.15) is 54.2 Å². The first-order chi connectivity index (χ1) is 8.00. The summed E-state index contributed by atoms with van der Waals surface area (Å²) >= 11 is 1.79. The van der Waals surface area contributed by atoms with Crippen LogP contribution in [0.2, 0.25) is 0 Å². The smallest absolute Gasteiger partial charge is 0.0900 e. The zero-order chi connectivity index (χ0) is 12.5. The van der Waals surface area contributed by atoms with E-state index >= 15 is 0 Å². The van der Waals surface area contributed by atoms with Crippen LogP contribution in [0.4, 0.5) is 0 Å². The highest BCUT2D eigenvalue weighted by molar-refractivity contribution is 7.11. The van der Waals surface area contributed by atoms with Gasteiger partial charge in [-0.2, -0.15) is 0 Å². The minimum absolute atomic E-state index is 0.0297. The molecular formula is C13H23N3S. The molecule has 17 heavy (non-hydrogen) atoms. The van der Waals surface area contributed by atoms with Gasteiger partial charge in [0.25, 0.3) is 0 Å². The normalized spacial score (nSPS) is 20.7. The second kappa shape index (κ2) is 5.04. The topological polar surface area (TPSA) is 50.9 Å². The van der Waals surface area contributed by atoms with Gasteiger partial charge in [0, 0.05) is 23.0 Å². The van der Waals surface area contributed by atoms with Gasteiger partial charge in [0.05, 0.1) is 10.7 Å². The Morgan fingerprint density at radius 3 is 2.59 bits per heavy atom. The van der Waals surface area contributed by atoms with Gasteiger partial charge < -0.3 is 11.1 Å². The summed E-state index contributed by atoms with van der Waals surface area (Å²) in [5.74, 6) is 0. The van der Waals surface area contributed by atoms with Crippen LogP contribution in [-0.2, 0) is 0 Å². The standard InChI is InChI=1S/C13H23N3S/c1-9(12-10(2)16-11(3)17-12)15-8-13(14)6-4-5-7-13/h9,15H,4-8,14H2,1-3H3. The Morgan fingerprint density at radius 2 is 2.06 bits per heavy atom. The van der Waals surface area contributed by atoms with Crippen molar-refractivity contribution < 1.29 is 0 Å². The van der Waals surface area contributed by atoms with Crippen molar-refractivity contribution in [3.8, 4) is 0 Å². The Morgan fingerprint density at radius 1 is 1.41 bits per heavy atom. The number of nitrogens with one attached hydrogen (secondary N) is 1. The first kappa shape index (κ1) is 13.0. The number of hydrogen-bond acceptors (Lipinski definition) is 4. The number of aromatic nitrogens is 1. The third kappa shape index (κ3) is 3.06. The molecule has 1 atom stereocenters. The van der Waals surface area contributed by atoms with Gasteiger partial charge >= 0.3 is 0 Å². The number of thiazole rings is 1. The van der Waals surface area contributed by atoms with Gasteiger partial charge in [0.1, 0.15) is 0 Å². The highest BCUT2D eigenvalue weighted by atomic mass is 32.1. The number of aryl methyl sites for hydroxylation is 2. The molecule has 1 heterocycles. The van der Waals surface area contributed by atoms with Crippen LogP contribution in [0.15, 0.2) is 0 Å². The molecule has 3 N–H and O–H groups in total. The monoisotopic (exact) mass is 253 g/mol. The molecule has 2 rings (SSSR count). The molecular weight excluding hydrogens is 230 g/mol. The number of nitrogens with two attached hydrogens (primary N) is 1. The maximum absolute atomic E-state index is 6.35. The summed E-state index contributed by atoms with van der Waals surface area (Å²) in [5.41, 5.74) is 7.54. The van der Waals surface area contributed by atoms with Crippen molar-refractivity contribution in [2.75, 3.05) is 6.54 Å². The van der Waals surface area contributed by atoms with Crippen molar-refractivity contribution in [1.82, 2.24) is 10.3 Å². The second-order valence-corrected chi connectivity index (χ2v) is 6.59. The van der Waals surface area contributed by atoms with E-state index in [1.165, 1.54) is 17.7 Å². The van der Waals surface area contributed by atoms with Crippen LogP contribution in [0.25, 0.3) is 0 Å². The van der Waals surface area contributed by atoms with Gasteiger partial charge in [-0.3, -0.25) is 0 Å². The van der Waals surface area contributed by atoms with E-state index in [1.54, 1.807) is 11.3 Å². The zero-order valence-corrected chi connectivity index (χ0v) is 11.9. The molecule has 1 aliphatic carbocycles. The summed E-state index contributed by atoms with van der Waals surface area (Å²) in [7, 11) is 0. The number of rotatable bonds is 4. The van der Waals surface area contributed by atoms with Crippen LogP contribution in [0, 0.1) is 13.8 Å². The molecule has 0 saturated heterocycles. The molecule has 0 aliphatic heterocycles. The first-order valence-electron chi connectivity index (χ1n) is 6.46. The van der Waals surface area contributed by atoms with E-state index in [-0.39, 0.29) is 5.54 Å². The molecule has 4 heteroatoms. The third-order valence-corrected chi connectivity index (χ3v) is 4.95. The van der Waals surface area contributed by atoms with Gasteiger partial charge in [0.15, 0.2) is 0 Å². The van der Waals surface area contributed by atoms with Crippen molar-refractivity contribution in [2.24, 2.45) is 5.73 Å². The lowest BCUT2D eigenvalue weighted by atomic mass is 9.99. The van der Waals surface area contributed by atoms with Crippen molar-refractivity contribution in [2.45, 2.75) is 58.0 Å². The van der Waals surface area contributed by atoms with Gasteiger partial charge in [-0.05, 0) is 33.6 Å². The maximum Gasteiger partial charge on any atom is 0.0900 e. The Bertz CT molecular complexity index is 380. The predicted octanol–water partition coefficient (Wildman–Crippen LogP) is 2.68. The maximum atomic E-state index is 6.35. The Labute approximate surface area is 108 Å². The molecule has 0 aromatic carbocycles. The summed E-state index contributed by atoms with van der Waals surface area (Å²) in [5, 5.41) is 4.73. The van der Waals surface area contributed by atoms with Gasteiger partial charge in [-0.15, -0.1) is 11.3 Å². The molecule has 1 aromatic rings. The Balaban J connectivity index is 1.93. The van der Waals surface area contributed by atoms with Crippen LogP contribution < -0.4 is 11.1 Å². The van der Waals surface area contributed by atoms with Crippen molar-refractivity contribution in [3.63, 3.8) is 0 Å². The van der Waals surface area contributed by atoms with E-state index in [4.69, 9.17) is 5.73 Å². The minimum atomic E-state index is 0.0297. The van der Waals surface area contributed by atoms with E-state index in [9.17, 15) is 0 Å². The number of nitrogens with zero attached hydrogens (tertiary/aromatic N) is 1. The molecule has 1 saturated carbocycles. The van der Waals surface area contributed by atoms with E-state index in [2.05, 4.69) is 31.1 Å². The first-order valence-corrected chi connectivity index (χ1v) is 7.28. The third-order valence-electron chi connectivity index (χ3n) is 3.69. The summed E-state index contributed by atoms with van der Waals surface area (Å²) < 4.78 is 0. The summed E-state index contributed by atoms with van der Waals surface area (Å²) in [6.45, 7) is 7.28. The molecule has 0 amide bonds. The van der Waals surface area contributed by atoms with Crippen LogP contribution in [0.5, 0.6) is 0 Å². The lowest BCUT2D eigenvalue weighted by Crippen LogP contribution is -2.46. The zero-order valence-electron chi connectivity index (χ0n) is 11.0. The molecule has 3 nitrogen and oxygen atoms in total. The largest absolute Gasteiger partial charge is 0.324 e. The van der Waals surface area contributed by atoms with E-state index in [0.717, 1.165) is 30.1 Å². The summed E-state index contributed by atoms with van der Waals surface area (Å²) in [4.78, 5) is 5.83. The van der Waals surface area contributed by atoms with Crippen molar-refractivity contribution >= 4 is 11.3 Å². The van der Waals surface area contributed by atoms with Gasteiger partial charge in [0.2, 0.25) is 0 Å². The molecule has 1 aromatic heterocycles. The van der Waals surface area contributed by atoms with E-state index in [1.807, 2.05) is 0 Å². The van der Waals surface area contributed by atoms with Crippen LogP contribution in [-0.4, -0.2) is 17.1 Å². The van der Waals surface area contributed by atoms with E-state index in [0.29, 0.717) is 6.04 Å². The van der Waals surface area contributed by atoms with Gasteiger partial charge in [-0.1, -0.05) is 12.8 Å². The molecule has 1 fully saturated rings. The highest BCUT2D eigenvalue weighted by Crippen LogP contribution is 2.28. The van der Waals surface area contributed by atoms with Crippen molar-refractivity contribution in [1.29, 1.82) is 0 Å². The fourth-order valence-corrected chi connectivity index (χ4v) is 3.61. The van der Waals surface area contributed by atoms with E-state index < -0.39 is 0 Å². The highest BCUT2D eigenvalue weighted by Gasteiger charge is 2.29.